The van der Waals surface area contributed by atoms with Crippen molar-refractivity contribution in [3.8, 4) is 17.0 Å². The molecule has 34 heavy (non-hydrogen) atoms. The van der Waals surface area contributed by atoms with Crippen LogP contribution < -0.4 is 10.3 Å². The largest absolute Gasteiger partial charge is 0.494 e. The van der Waals surface area contributed by atoms with Crippen LogP contribution in [0.2, 0.25) is 5.02 Å². The standard InChI is InChI=1S/C26H28ClFN4O2/c1-30-12-14-31(15-13-30)18-21-17-24(20-7-10-25(34-2)23(28)16-20)29-32(26(21)33)11-3-4-19-5-8-22(27)9-6-19/h3-10,16-17H,11-15,18H2,1-2H3. The second-order valence-corrected chi connectivity index (χ2v) is 8.86. The zero-order valence-electron chi connectivity index (χ0n) is 19.4. The average molecular weight is 483 g/mol. The van der Waals surface area contributed by atoms with Crippen LogP contribution in [0.3, 0.4) is 0 Å². The molecule has 1 saturated heterocycles. The Morgan fingerprint density at radius 2 is 1.82 bits per heavy atom. The quantitative estimate of drug-likeness (QED) is 0.506. The molecule has 0 spiro atoms. The maximum Gasteiger partial charge on any atom is 0.271 e. The Kier molecular flexibility index (Phi) is 7.77. The molecule has 0 N–H and O–H groups in total. The minimum atomic E-state index is -0.470. The van der Waals surface area contributed by atoms with Crippen molar-refractivity contribution in [2.24, 2.45) is 0 Å². The zero-order chi connectivity index (χ0) is 24.1. The fourth-order valence-electron chi connectivity index (χ4n) is 3.91. The van der Waals surface area contributed by atoms with Gasteiger partial charge in [0.25, 0.3) is 5.56 Å². The first-order valence-electron chi connectivity index (χ1n) is 11.2. The molecule has 2 heterocycles. The highest BCUT2D eigenvalue weighted by Crippen LogP contribution is 2.24. The number of nitrogens with zero attached hydrogens (tertiary/aromatic N) is 4. The number of methoxy groups -OCH3 is 1. The summed E-state index contributed by atoms with van der Waals surface area (Å²) in [7, 11) is 3.53. The summed E-state index contributed by atoms with van der Waals surface area (Å²) in [6.07, 6.45) is 3.81. The van der Waals surface area contributed by atoms with Crippen LogP contribution in [0.5, 0.6) is 5.75 Å². The minimum Gasteiger partial charge on any atom is -0.494 e. The number of ether oxygens (including phenoxy) is 1. The molecule has 0 unspecified atom stereocenters. The number of likely N-dealkylation sites (N-methyl/N-ethyl adjacent to an activating group) is 1. The molecule has 8 heteroatoms. The van der Waals surface area contributed by atoms with Crippen molar-refractivity contribution in [3.05, 3.63) is 86.9 Å². The van der Waals surface area contributed by atoms with Crippen molar-refractivity contribution in [3.63, 3.8) is 0 Å². The van der Waals surface area contributed by atoms with E-state index in [0.717, 1.165) is 31.7 Å². The average Bonchev–Trinajstić information content (AvgIpc) is 2.84. The molecule has 1 aromatic heterocycles. The number of hydrogen-bond donors (Lipinski definition) is 0. The van der Waals surface area contributed by atoms with Crippen molar-refractivity contribution in [1.82, 2.24) is 19.6 Å². The number of benzene rings is 2. The fourth-order valence-corrected chi connectivity index (χ4v) is 4.04. The first-order chi connectivity index (χ1) is 16.4. The lowest BCUT2D eigenvalue weighted by Crippen LogP contribution is -2.44. The number of piperazine rings is 1. The molecule has 4 rings (SSSR count). The lowest BCUT2D eigenvalue weighted by molar-refractivity contribution is 0.147. The topological polar surface area (TPSA) is 50.6 Å². The normalized spacial score (nSPS) is 15.2. The molecule has 1 aliphatic heterocycles. The van der Waals surface area contributed by atoms with Crippen LogP contribution in [0.25, 0.3) is 17.3 Å². The molecule has 0 amide bonds. The summed E-state index contributed by atoms with van der Waals surface area (Å²) in [4.78, 5) is 17.8. The van der Waals surface area contributed by atoms with Gasteiger partial charge in [-0.25, -0.2) is 9.07 Å². The SMILES string of the molecule is COc1ccc(-c2cc(CN3CCN(C)CC3)c(=O)n(CC=Cc3ccc(Cl)cc3)n2)cc1F. The molecule has 0 aliphatic carbocycles. The minimum absolute atomic E-state index is 0.141. The molecule has 0 saturated carbocycles. The molecule has 0 radical (unpaired) electrons. The summed E-state index contributed by atoms with van der Waals surface area (Å²) < 4.78 is 20.9. The van der Waals surface area contributed by atoms with Gasteiger partial charge in [-0.2, -0.15) is 5.10 Å². The molecular weight excluding hydrogens is 455 g/mol. The number of allylic oxidation sites excluding steroid dienone is 1. The van der Waals surface area contributed by atoms with Gasteiger partial charge in [-0.1, -0.05) is 35.9 Å². The molecule has 3 aromatic rings. The van der Waals surface area contributed by atoms with Gasteiger partial charge < -0.3 is 9.64 Å². The summed E-state index contributed by atoms with van der Waals surface area (Å²) in [6.45, 7) is 4.52. The Morgan fingerprint density at radius 1 is 1.09 bits per heavy atom. The number of rotatable bonds is 7. The van der Waals surface area contributed by atoms with Gasteiger partial charge in [-0.3, -0.25) is 9.69 Å². The van der Waals surface area contributed by atoms with E-state index in [1.54, 1.807) is 18.2 Å². The molecule has 0 atom stereocenters. The van der Waals surface area contributed by atoms with Crippen LogP contribution >= 0.6 is 11.6 Å². The molecule has 1 fully saturated rings. The Bertz CT molecular complexity index is 1220. The molecular formula is C26H28ClFN4O2. The monoisotopic (exact) mass is 482 g/mol. The Morgan fingerprint density at radius 3 is 2.50 bits per heavy atom. The predicted molar refractivity (Wildman–Crippen MR) is 134 cm³/mol. The van der Waals surface area contributed by atoms with Crippen LogP contribution in [0, 0.1) is 5.82 Å². The van der Waals surface area contributed by atoms with Crippen molar-refractivity contribution >= 4 is 17.7 Å². The molecule has 2 aromatic carbocycles. The van der Waals surface area contributed by atoms with E-state index in [9.17, 15) is 9.18 Å². The third-order valence-corrected chi connectivity index (χ3v) is 6.20. The lowest BCUT2D eigenvalue weighted by atomic mass is 10.1. The first-order valence-corrected chi connectivity index (χ1v) is 11.6. The van der Waals surface area contributed by atoms with E-state index in [1.807, 2.05) is 36.4 Å². The Labute approximate surface area is 203 Å². The van der Waals surface area contributed by atoms with Gasteiger partial charge in [-0.15, -0.1) is 0 Å². The van der Waals surface area contributed by atoms with Gasteiger partial charge in [0, 0.05) is 48.9 Å². The van der Waals surface area contributed by atoms with E-state index < -0.39 is 5.82 Å². The van der Waals surface area contributed by atoms with Gasteiger partial charge in [0.05, 0.1) is 19.3 Å². The Hall–Kier alpha value is -3.00. The van der Waals surface area contributed by atoms with Gasteiger partial charge in [0.1, 0.15) is 0 Å². The van der Waals surface area contributed by atoms with Gasteiger partial charge >= 0.3 is 0 Å². The zero-order valence-corrected chi connectivity index (χ0v) is 20.1. The van der Waals surface area contributed by atoms with Gasteiger partial charge in [0.2, 0.25) is 0 Å². The van der Waals surface area contributed by atoms with Crippen molar-refractivity contribution in [2.45, 2.75) is 13.1 Å². The second kappa shape index (κ2) is 11.0. The van der Waals surface area contributed by atoms with E-state index in [2.05, 4.69) is 21.9 Å². The first kappa shape index (κ1) is 24.1. The number of aromatic nitrogens is 2. The van der Waals surface area contributed by atoms with Crippen LogP contribution in [0.1, 0.15) is 11.1 Å². The van der Waals surface area contributed by atoms with Crippen molar-refractivity contribution < 1.29 is 9.13 Å². The second-order valence-electron chi connectivity index (χ2n) is 8.42. The highest BCUT2D eigenvalue weighted by atomic mass is 35.5. The molecule has 178 valence electrons. The summed E-state index contributed by atoms with van der Waals surface area (Å²) in [5.41, 5.74) is 2.62. The van der Waals surface area contributed by atoms with Crippen molar-refractivity contribution in [1.29, 1.82) is 0 Å². The molecule has 6 nitrogen and oxygen atoms in total. The van der Waals surface area contributed by atoms with Crippen LogP contribution in [0.15, 0.2) is 59.4 Å². The Balaban J connectivity index is 1.65. The maximum absolute atomic E-state index is 14.4. The van der Waals surface area contributed by atoms with Crippen LogP contribution in [-0.4, -0.2) is 59.9 Å². The van der Waals surface area contributed by atoms with E-state index in [-0.39, 0.29) is 11.3 Å². The summed E-state index contributed by atoms with van der Waals surface area (Å²) >= 11 is 5.95. The maximum atomic E-state index is 14.4. The number of hydrogen-bond acceptors (Lipinski definition) is 5. The van der Waals surface area contributed by atoms with E-state index in [1.165, 1.54) is 17.9 Å². The third kappa shape index (κ3) is 5.91. The summed E-state index contributed by atoms with van der Waals surface area (Å²) in [5.74, 6) is -0.302. The highest BCUT2D eigenvalue weighted by molar-refractivity contribution is 6.30. The van der Waals surface area contributed by atoms with E-state index in [0.29, 0.717) is 34.9 Å². The van der Waals surface area contributed by atoms with E-state index in [4.69, 9.17) is 16.3 Å². The van der Waals surface area contributed by atoms with Crippen molar-refractivity contribution in [2.75, 3.05) is 40.3 Å². The molecule has 0 bridgehead atoms. The summed E-state index contributed by atoms with van der Waals surface area (Å²) in [6, 6.07) is 13.9. The number of halogens is 2. The molecule has 1 aliphatic rings. The predicted octanol–water partition coefficient (Wildman–Crippen LogP) is 4.17. The van der Waals surface area contributed by atoms with Gasteiger partial charge in [-0.05, 0) is 49.0 Å². The van der Waals surface area contributed by atoms with E-state index >= 15 is 0 Å². The fraction of sp³-hybridized carbons (Fsp3) is 0.308. The third-order valence-electron chi connectivity index (χ3n) is 5.94. The van der Waals surface area contributed by atoms with Crippen LogP contribution in [-0.2, 0) is 13.1 Å². The summed E-state index contributed by atoms with van der Waals surface area (Å²) in [5, 5.41) is 5.22. The van der Waals surface area contributed by atoms with Crippen LogP contribution in [0.4, 0.5) is 4.39 Å². The lowest BCUT2D eigenvalue weighted by Gasteiger charge is -2.32. The smallest absolute Gasteiger partial charge is 0.271 e. The van der Waals surface area contributed by atoms with Gasteiger partial charge in [0.15, 0.2) is 11.6 Å². The highest BCUT2D eigenvalue weighted by Gasteiger charge is 2.18.